The van der Waals surface area contributed by atoms with Gasteiger partial charge in [0.25, 0.3) is 0 Å². The molecule has 0 aromatic rings. The summed E-state index contributed by atoms with van der Waals surface area (Å²) in [7, 11) is -4.34. The summed E-state index contributed by atoms with van der Waals surface area (Å²) >= 11 is 0. The lowest BCUT2D eigenvalue weighted by Gasteiger charge is -2.18. The van der Waals surface area contributed by atoms with E-state index in [1.165, 1.54) is 0 Å². The second kappa shape index (κ2) is 8.16. The second-order valence-corrected chi connectivity index (χ2v) is 5.86. The lowest BCUT2D eigenvalue weighted by atomic mass is 10.1. The molecule has 0 spiro atoms. The van der Waals surface area contributed by atoms with Crippen LogP contribution in [0, 0.1) is 0 Å². The molecular formula is C12H24O6S. The van der Waals surface area contributed by atoms with Crippen LogP contribution in [0.25, 0.3) is 0 Å². The molecule has 2 unspecified atom stereocenters. The molecule has 0 radical (unpaired) electrons. The summed E-state index contributed by atoms with van der Waals surface area (Å²) in [5.74, 6) is 0. The zero-order valence-corrected chi connectivity index (χ0v) is 12.4. The van der Waals surface area contributed by atoms with E-state index in [1.807, 2.05) is 0 Å². The Kier molecular flexibility index (Phi) is 7.23. The second-order valence-electron chi connectivity index (χ2n) is 4.77. The highest BCUT2D eigenvalue weighted by Gasteiger charge is 2.26. The molecule has 0 aromatic carbocycles. The SMILES string of the molecule is CCC(CC)OCC1CCC(CCOS(=O)(=O)O)O1. The normalized spacial score (nSPS) is 24.2. The van der Waals surface area contributed by atoms with Crippen LogP contribution in [-0.2, 0) is 24.1 Å². The molecule has 0 saturated carbocycles. The molecular weight excluding hydrogens is 272 g/mol. The predicted octanol–water partition coefficient (Wildman–Crippen LogP) is 1.95. The highest BCUT2D eigenvalue weighted by molar-refractivity contribution is 7.80. The summed E-state index contributed by atoms with van der Waals surface area (Å²) < 4.78 is 45.0. The fourth-order valence-electron chi connectivity index (χ4n) is 2.17. The smallest absolute Gasteiger partial charge is 0.376 e. The van der Waals surface area contributed by atoms with E-state index in [-0.39, 0.29) is 24.9 Å². The van der Waals surface area contributed by atoms with Crippen LogP contribution in [-0.4, -0.2) is 44.5 Å². The molecule has 19 heavy (non-hydrogen) atoms. The van der Waals surface area contributed by atoms with E-state index in [1.54, 1.807) is 0 Å². The Morgan fingerprint density at radius 3 is 2.47 bits per heavy atom. The highest BCUT2D eigenvalue weighted by Crippen LogP contribution is 2.23. The van der Waals surface area contributed by atoms with Crippen LogP contribution in [0.3, 0.4) is 0 Å². The summed E-state index contributed by atoms with van der Waals surface area (Å²) in [6.45, 7) is 4.73. The van der Waals surface area contributed by atoms with Crippen molar-refractivity contribution < 1.29 is 26.6 Å². The van der Waals surface area contributed by atoms with E-state index in [4.69, 9.17) is 14.0 Å². The van der Waals surface area contributed by atoms with Crippen molar-refractivity contribution in [2.45, 2.75) is 64.3 Å². The van der Waals surface area contributed by atoms with Crippen molar-refractivity contribution in [2.75, 3.05) is 13.2 Å². The van der Waals surface area contributed by atoms with Gasteiger partial charge in [0.05, 0.1) is 31.5 Å². The Morgan fingerprint density at radius 1 is 1.26 bits per heavy atom. The Hall–Kier alpha value is -0.210. The van der Waals surface area contributed by atoms with Crippen LogP contribution in [0.1, 0.15) is 46.0 Å². The van der Waals surface area contributed by atoms with Crippen molar-refractivity contribution >= 4 is 10.4 Å². The van der Waals surface area contributed by atoms with Gasteiger partial charge in [0.2, 0.25) is 0 Å². The van der Waals surface area contributed by atoms with E-state index in [2.05, 4.69) is 18.0 Å². The van der Waals surface area contributed by atoms with Crippen LogP contribution in [0.15, 0.2) is 0 Å². The van der Waals surface area contributed by atoms with Gasteiger partial charge in [0.1, 0.15) is 0 Å². The number of hydrogen-bond acceptors (Lipinski definition) is 5. The molecule has 7 heteroatoms. The summed E-state index contributed by atoms with van der Waals surface area (Å²) in [6.07, 6.45) is 4.58. The molecule has 0 bridgehead atoms. The minimum absolute atomic E-state index is 0.0166. The molecule has 2 atom stereocenters. The van der Waals surface area contributed by atoms with E-state index < -0.39 is 10.4 Å². The van der Waals surface area contributed by atoms with Crippen molar-refractivity contribution in [3.63, 3.8) is 0 Å². The molecule has 1 aliphatic rings. The topological polar surface area (TPSA) is 82.1 Å². The van der Waals surface area contributed by atoms with Gasteiger partial charge in [-0.1, -0.05) is 13.8 Å². The number of rotatable bonds is 9. The van der Waals surface area contributed by atoms with E-state index in [9.17, 15) is 8.42 Å². The van der Waals surface area contributed by atoms with Gasteiger partial charge in [-0.15, -0.1) is 0 Å². The van der Waals surface area contributed by atoms with Crippen LogP contribution in [0.2, 0.25) is 0 Å². The molecule has 1 aliphatic heterocycles. The van der Waals surface area contributed by atoms with Crippen molar-refractivity contribution in [1.29, 1.82) is 0 Å². The van der Waals surface area contributed by atoms with E-state index in [0.29, 0.717) is 13.0 Å². The fourth-order valence-corrected chi connectivity index (χ4v) is 2.47. The molecule has 114 valence electrons. The minimum atomic E-state index is -4.34. The first-order valence-corrected chi connectivity index (χ1v) is 8.20. The monoisotopic (exact) mass is 296 g/mol. The molecule has 0 aromatic heterocycles. The van der Waals surface area contributed by atoms with Gasteiger partial charge in [-0.2, -0.15) is 8.42 Å². The molecule has 1 rings (SSSR count). The molecule has 1 saturated heterocycles. The van der Waals surface area contributed by atoms with Crippen LogP contribution >= 0.6 is 0 Å². The fraction of sp³-hybridized carbons (Fsp3) is 1.00. The molecule has 1 heterocycles. The maximum absolute atomic E-state index is 10.4. The highest BCUT2D eigenvalue weighted by atomic mass is 32.3. The van der Waals surface area contributed by atoms with Gasteiger partial charge in [0.15, 0.2) is 0 Å². The predicted molar refractivity (Wildman–Crippen MR) is 70.3 cm³/mol. The minimum Gasteiger partial charge on any atom is -0.376 e. The molecule has 0 amide bonds. The average molecular weight is 296 g/mol. The van der Waals surface area contributed by atoms with E-state index >= 15 is 0 Å². The molecule has 1 fully saturated rings. The zero-order valence-electron chi connectivity index (χ0n) is 11.6. The Balaban J connectivity index is 2.15. The van der Waals surface area contributed by atoms with Crippen molar-refractivity contribution in [3.05, 3.63) is 0 Å². The standard InChI is InChI=1S/C12H24O6S/c1-3-10(4-2)16-9-12-6-5-11(18-12)7-8-17-19(13,14)15/h10-12H,3-9H2,1-2H3,(H,13,14,15). The summed E-state index contributed by atoms with van der Waals surface area (Å²) in [5, 5.41) is 0. The first-order valence-electron chi connectivity index (χ1n) is 6.83. The van der Waals surface area contributed by atoms with Crippen LogP contribution in [0.5, 0.6) is 0 Å². The third-order valence-corrected chi connectivity index (χ3v) is 3.76. The van der Waals surface area contributed by atoms with Gasteiger partial charge in [0, 0.05) is 0 Å². The van der Waals surface area contributed by atoms with Gasteiger partial charge in [-0.3, -0.25) is 4.55 Å². The summed E-state index contributed by atoms with van der Waals surface area (Å²) in [4.78, 5) is 0. The van der Waals surface area contributed by atoms with Crippen molar-refractivity contribution in [1.82, 2.24) is 0 Å². The lowest BCUT2D eigenvalue weighted by Crippen LogP contribution is -2.22. The third-order valence-electron chi connectivity index (χ3n) is 3.30. The lowest BCUT2D eigenvalue weighted by molar-refractivity contribution is -0.0464. The maximum atomic E-state index is 10.4. The number of ether oxygens (including phenoxy) is 2. The van der Waals surface area contributed by atoms with Gasteiger partial charge < -0.3 is 9.47 Å². The van der Waals surface area contributed by atoms with Crippen LogP contribution < -0.4 is 0 Å². The third kappa shape index (κ3) is 7.22. The maximum Gasteiger partial charge on any atom is 0.397 e. The Labute approximate surface area is 115 Å². The molecule has 0 aliphatic carbocycles. The Morgan fingerprint density at radius 2 is 1.89 bits per heavy atom. The quantitative estimate of drug-likeness (QED) is 0.655. The van der Waals surface area contributed by atoms with Gasteiger partial charge in [-0.05, 0) is 32.1 Å². The average Bonchev–Trinajstić information content (AvgIpc) is 2.77. The van der Waals surface area contributed by atoms with Crippen molar-refractivity contribution in [2.24, 2.45) is 0 Å². The van der Waals surface area contributed by atoms with E-state index in [0.717, 1.165) is 25.7 Å². The Bertz CT molecular complexity index is 338. The summed E-state index contributed by atoms with van der Waals surface area (Å²) in [6, 6.07) is 0. The first-order chi connectivity index (χ1) is 8.94. The van der Waals surface area contributed by atoms with Gasteiger partial charge >= 0.3 is 10.4 Å². The zero-order chi connectivity index (χ0) is 14.3. The summed E-state index contributed by atoms with van der Waals surface area (Å²) in [5.41, 5.74) is 0. The number of hydrogen-bond donors (Lipinski definition) is 1. The van der Waals surface area contributed by atoms with Crippen LogP contribution in [0.4, 0.5) is 0 Å². The van der Waals surface area contributed by atoms with Crippen molar-refractivity contribution in [3.8, 4) is 0 Å². The van der Waals surface area contributed by atoms with Gasteiger partial charge in [-0.25, -0.2) is 4.18 Å². The molecule has 6 nitrogen and oxygen atoms in total. The molecule has 1 N–H and O–H groups in total. The first kappa shape index (κ1) is 16.8. The largest absolute Gasteiger partial charge is 0.397 e.